The lowest BCUT2D eigenvalue weighted by Crippen LogP contribution is -2.29. The van der Waals surface area contributed by atoms with Gasteiger partial charge in [-0.05, 0) is 78.8 Å². The van der Waals surface area contributed by atoms with Crippen molar-refractivity contribution < 1.29 is 19.4 Å². The van der Waals surface area contributed by atoms with E-state index in [1.54, 1.807) is 7.11 Å². The van der Waals surface area contributed by atoms with E-state index in [1.165, 1.54) is 0 Å². The maximum Gasteiger partial charge on any atom is 0.273 e. The summed E-state index contributed by atoms with van der Waals surface area (Å²) in [4.78, 5) is 15.7. The third-order valence-corrected chi connectivity index (χ3v) is 7.21. The molecule has 1 amide bonds. The summed E-state index contributed by atoms with van der Waals surface area (Å²) in [6.07, 6.45) is 0.956. The lowest BCUT2D eigenvalue weighted by Gasteiger charge is -2.27. The van der Waals surface area contributed by atoms with Gasteiger partial charge >= 0.3 is 0 Å². The normalized spacial score (nSPS) is 14.7. The third-order valence-electron chi connectivity index (χ3n) is 7.21. The van der Waals surface area contributed by atoms with Crippen LogP contribution in [0, 0.1) is 19.8 Å². The standard InChI is InChI=1S/C32H35N3O4/c1-19(2)13-14-39-25-8-6-7-23(17-25)30-27-28(26-16-20(3)15-21(4)31(26)36)33-34-29(27)32(37)35(30)18-22-9-11-24(38-5)12-10-22/h6-12,15-17,19,30,36H,13-14,18H2,1-5H3,(H,33,34). The number of H-pyrrole nitrogens is 1. The van der Waals surface area contributed by atoms with Crippen LogP contribution in [0.3, 0.4) is 0 Å². The largest absolute Gasteiger partial charge is 0.507 e. The van der Waals surface area contributed by atoms with Gasteiger partial charge in [0.05, 0.1) is 19.8 Å². The summed E-state index contributed by atoms with van der Waals surface area (Å²) in [5, 5.41) is 18.5. The van der Waals surface area contributed by atoms with Crippen LogP contribution in [-0.4, -0.2) is 39.8 Å². The van der Waals surface area contributed by atoms with Crippen LogP contribution >= 0.6 is 0 Å². The van der Waals surface area contributed by atoms with E-state index in [1.807, 2.05) is 79.4 Å². The molecule has 39 heavy (non-hydrogen) atoms. The van der Waals surface area contributed by atoms with Crippen LogP contribution in [0.25, 0.3) is 11.3 Å². The molecule has 0 fully saturated rings. The van der Waals surface area contributed by atoms with Crippen LogP contribution in [0.5, 0.6) is 17.2 Å². The first-order valence-electron chi connectivity index (χ1n) is 13.3. The van der Waals surface area contributed by atoms with Gasteiger partial charge in [0.1, 0.15) is 28.6 Å². The summed E-state index contributed by atoms with van der Waals surface area (Å²) in [5.74, 6) is 2.09. The van der Waals surface area contributed by atoms with Crippen LogP contribution < -0.4 is 9.47 Å². The van der Waals surface area contributed by atoms with Gasteiger partial charge in [0.2, 0.25) is 0 Å². The molecule has 0 radical (unpaired) electrons. The van der Waals surface area contributed by atoms with Crippen LogP contribution in [0.2, 0.25) is 0 Å². The first kappa shape index (κ1) is 26.4. The second-order valence-electron chi connectivity index (χ2n) is 10.6. The zero-order valence-corrected chi connectivity index (χ0v) is 23.1. The summed E-state index contributed by atoms with van der Waals surface area (Å²) < 4.78 is 11.4. The average molecular weight is 526 g/mol. The van der Waals surface area contributed by atoms with Crippen LogP contribution in [0.15, 0.2) is 60.7 Å². The van der Waals surface area contributed by atoms with E-state index in [4.69, 9.17) is 9.47 Å². The highest BCUT2D eigenvalue weighted by Crippen LogP contribution is 2.46. The van der Waals surface area contributed by atoms with Gasteiger partial charge in [-0.2, -0.15) is 5.10 Å². The lowest BCUT2D eigenvalue weighted by atomic mass is 9.94. The molecule has 0 bridgehead atoms. The third kappa shape index (κ3) is 5.21. The highest BCUT2D eigenvalue weighted by atomic mass is 16.5. The molecule has 1 aromatic heterocycles. The number of nitrogens with zero attached hydrogens (tertiary/aromatic N) is 2. The van der Waals surface area contributed by atoms with Crippen molar-refractivity contribution in [2.45, 2.75) is 46.7 Å². The molecule has 7 nitrogen and oxygen atoms in total. The van der Waals surface area contributed by atoms with E-state index >= 15 is 0 Å². The number of benzene rings is 3. The molecule has 1 aliphatic rings. The summed E-state index contributed by atoms with van der Waals surface area (Å²) >= 11 is 0. The number of hydrogen-bond acceptors (Lipinski definition) is 5. The highest BCUT2D eigenvalue weighted by Gasteiger charge is 2.42. The van der Waals surface area contributed by atoms with Gasteiger partial charge in [-0.1, -0.05) is 44.2 Å². The number of hydrogen-bond donors (Lipinski definition) is 2. The molecule has 2 N–H and O–H groups in total. The Morgan fingerprint density at radius 3 is 2.54 bits per heavy atom. The fraction of sp³-hybridized carbons (Fsp3) is 0.312. The number of methoxy groups -OCH3 is 1. The number of amides is 1. The predicted molar refractivity (Wildman–Crippen MR) is 151 cm³/mol. The second kappa shape index (κ2) is 10.8. The summed E-state index contributed by atoms with van der Waals surface area (Å²) in [6, 6.07) is 19.1. The van der Waals surface area contributed by atoms with Crippen LogP contribution in [0.1, 0.15) is 64.6 Å². The molecule has 0 aliphatic carbocycles. The number of carbonyl (C=O) groups is 1. The molecular weight excluding hydrogens is 490 g/mol. The Morgan fingerprint density at radius 1 is 1.05 bits per heavy atom. The summed E-state index contributed by atoms with van der Waals surface area (Å²) in [7, 11) is 1.63. The zero-order chi connectivity index (χ0) is 27.7. The summed E-state index contributed by atoms with van der Waals surface area (Å²) in [6.45, 7) is 9.22. The molecule has 5 rings (SSSR count). The number of aryl methyl sites for hydroxylation is 2. The second-order valence-corrected chi connectivity index (χ2v) is 10.6. The Balaban J connectivity index is 1.60. The predicted octanol–water partition coefficient (Wildman–Crippen LogP) is 6.58. The monoisotopic (exact) mass is 525 g/mol. The maximum absolute atomic E-state index is 13.8. The number of carbonyl (C=O) groups excluding carboxylic acids is 1. The van der Waals surface area contributed by atoms with Gasteiger partial charge in [-0.15, -0.1) is 0 Å². The van der Waals surface area contributed by atoms with Crippen molar-refractivity contribution >= 4 is 5.91 Å². The van der Waals surface area contributed by atoms with Crippen molar-refractivity contribution in [2.75, 3.05) is 13.7 Å². The molecule has 1 unspecified atom stereocenters. The Morgan fingerprint density at radius 2 is 1.82 bits per heavy atom. The van der Waals surface area contributed by atoms with Crippen molar-refractivity contribution in [1.29, 1.82) is 0 Å². The van der Waals surface area contributed by atoms with Crippen molar-refractivity contribution in [3.63, 3.8) is 0 Å². The topological polar surface area (TPSA) is 87.7 Å². The van der Waals surface area contributed by atoms with E-state index < -0.39 is 6.04 Å². The number of aromatic hydroxyl groups is 1. The van der Waals surface area contributed by atoms with Gasteiger partial charge in [-0.3, -0.25) is 9.89 Å². The van der Waals surface area contributed by atoms with E-state index in [-0.39, 0.29) is 11.7 Å². The molecule has 3 aromatic carbocycles. The Kier molecular flexibility index (Phi) is 7.33. The minimum absolute atomic E-state index is 0.139. The summed E-state index contributed by atoms with van der Waals surface area (Å²) in [5.41, 5.74) is 6.05. The number of ether oxygens (including phenoxy) is 2. The SMILES string of the molecule is COc1ccc(CN2C(=O)c3[nH]nc(-c4cc(C)cc(C)c4O)c3C2c2cccc(OCCC(C)C)c2)cc1. The lowest BCUT2D eigenvalue weighted by molar-refractivity contribution is 0.0729. The van der Waals surface area contributed by atoms with Gasteiger partial charge in [0.25, 0.3) is 5.91 Å². The van der Waals surface area contributed by atoms with Crippen molar-refractivity contribution in [3.05, 3.63) is 94.2 Å². The smallest absolute Gasteiger partial charge is 0.273 e. The molecule has 4 aromatic rings. The number of fused-ring (bicyclic) bond motifs is 1. The first-order valence-corrected chi connectivity index (χ1v) is 13.3. The number of phenolic OH excluding ortho intramolecular Hbond substituents is 1. The zero-order valence-electron chi connectivity index (χ0n) is 23.1. The van der Waals surface area contributed by atoms with Gasteiger partial charge < -0.3 is 19.5 Å². The molecule has 1 aliphatic heterocycles. The van der Waals surface area contributed by atoms with Crippen LogP contribution in [0.4, 0.5) is 0 Å². The number of rotatable bonds is 9. The van der Waals surface area contributed by atoms with Gasteiger partial charge in [-0.25, -0.2) is 0 Å². The van der Waals surface area contributed by atoms with Gasteiger partial charge in [0.15, 0.2) is 0 Å². The molecule has 0 saturated heterocycles. The number of phenols is 1. The molecule has 0 saturated carbocycles. The van der Waals surface area contributed by atoms with Crippen molar-refractivity contribution in [1.82, 2.24) is 15.1 Å². The van der Waals surface area contributed by atoms with E-state index in [0.717, 1.165) is 45.7 Å². The fourth-order valence-electron chi connectivity index (χ4n) is 5.17. The molecule has 0 spiro atoms. The Bertz CT molecular complexity index is 1490. The fourth-order valence-corrected chi connectivity index (χ4v) is 5.17. The minimum atomic E-state index is -0.419. The van der Waals surface area contributed by atoms with E-state index in [9.17, 15) is 9.90 Å². The highest BCUT2D eigenvalue weighted by molar-refractivity contribution is 6.00. The number of aromatic amines is 1. The van der Waals surface area contributed by atoms with Crippen LogP contribution in [-0.2, 0) is 6.54 Å². The molecule has 1 atom stereocenters. The number of aromatic nitrogens is 2. The minimum Gasteiger partial charge on any atom is -0.507 e. The van der Waals surface area contributed by atoms with Gasteiger partial charge in [0, 0.05) is 17.7 Å². The first-order chi connectivity index (χ1) is 18.8. The molecule has 7 heteroatoms. The quantitative estimate of drug-likeness (QED) is 0.258. The van der Waals surface area contributed by atoms with Crippen molar-refractivity contribution in [3.8, 4) is 28.5 Å². The number of nitrogens with one attached hydrogen (secondary N) is 1. The Hall–Kier alpha value is -4.26. The van der Waals surface area contributed by atoms with E-state index in [0.29, 0.717) is 36.0 Å². The Labute approximate surface area is 229 Å². The van der Waals surface area contributed by atoms with E-state index in [2.05, 4.69) is 24.0 Å². The molecular formula is C32H35N3O4. The average Bonchev–Trinajstić information content (AvgIpc) is 3.45. The maximum atomic E-state index is 13.8. The van der Waals surface area contributed by atoms with Crippen molar-refractivity contribution in [2.24, 2.45) is 5.92 Å². The molecule has 202 valence electrons. The molecule has 2 heterocycles.